The molecular weight excluding hydrogens is 499 g/mol. The molecule has 2 aliphatic rings. The van der Waals surface area contributed by atoms with E-state index in [4.69, 9.17) is 0 Å². The molecule has 2 saturated heterocycles. The molecule has 6 nitrogen and oxygen atoms in total. The Morgan fingerprint density at radius 1 is 1.00 bits per heavy atom. The van der Waals surface area contributed by atoms with E-state index in [1.165, 1.54) is 5.56 Å². The lowest BCUT2D eigenvalue weighted by atomic mass is 9.89. The van der Waals surface area contributed by atoms with Crippen molar-refractivity contribution in [1.29, 1.82) is 0 Å². The van der Waals surface area contributed by atoms with Gasteiger partial charge >= 0.3 is 0 Å². The summed E-state index contributed by atoms with van der Waals surface area (Å²) >= 11 is 1.71. The highest BCUT2D eigenvalue weighted by Crippen LogP contribution is 2.30. The van der Waals surface area contributed by atoms with Gasteiger partial charge in [0.2, 0.25) is 0 Å². The van der Waals surface area contributed by atoms with Gasteiger partial charge in [0, 0.05) is 26.2 Å². The topological polar surface area (TPSA) is 61.6 Å². The van der Waals surface area contributed by atoms with Crippen molar-refractivity contribution in [3.8, 4) is 0 Å². The van der Waals surface area contributed by atoms with Crippen molar-refractivity contribution in [3.05, 3.63) is 88.6 Å². The number of nitrogens with zero attached hydrogens (tertiary/aromatic N) is 4. The minimum absolute atomic E-state index is 0.0403. The Kier molecular flexibility index (Phi) is 8.83. The number of aliphatic hydroxyl groups excluding tert-OH is 1. The maximum Gasteiger partial charge on any atom is 0.256 e. The second-order valence-electron chi connectivity index (χ2n) is 10.2. The molecule has 2 fully saturated rings. The molecule has 2 aromatic heterocycles. The Morgan fingerprint density at radius 2 is 1.76 bits per heavy atom. The number of benzene rings is 2. The van der Waals surface area contributed by atoms with Crippen LogP contribution in [0.15, 0.2) is 71.7 Å². The summed E-state index contributed by atoms with van der Waals surface area (Å²) in [4.78, 5) is 22.2. The smallest absolute Gasteiger partial charge is 0.256 e. The highest BCUT2D eigenvalue weighted by Gasteiger charge is 2.30. The van der Waals surface area contributed by atoms with E-state index in [2.05, 4.69) is 9.88 Å². The van der Waals surface area contributed by atoms with Gasteiger partial charge in [0.05, 0.1) is 24.0 Å². The number of carbonyl (C=O) groups excluding carboxylic acids is 1. The maximum atomic E-state index is 13.3. The number of fused-ring (bicyclic) bond motifs is 1. The number of likely N-dealkylation sites (tertiary alicyclic amines) is 2. The second-order valence-corrected chi connectivity index (χ2v) is 11.0. The highest BCUT2D eigenvalue weighted by atomic mass is 32.1. The molecule has 2 aliphatic heterocycles. The lowest BCUT2D eigenvalue weighted by molar-refractivity contribution is 0.0783. The number of hydrogen-bond acceptors (Lipinski definition) is 5. The number of carbonyl (C=O) groups is 1. The van der Waals surface area contributed by atoms with Crippen LogP contribution in [-0.4, -0.2) is 69.7 Å². The van der Waals surface area contributed by atoms with Crippen LogP contribution in [0.4, 0.5) is 4.39 Å². The lowest BCUT2D eigenvalue weighted by Gasteiger charge is -2.33. The first-order valence-electron chi connectivity index (χ1n) is 13.4. The zero-order valence-corrected chi connectivity index (χ0v) is 22.4. The van der Waals surface area contributed by atoms with Gasteiger partial charge in [-0.1, -0.05) is 30.3 Å². The van der Waals surface area contributed by atoms with E-state index in [0.29, 0.717) is 29.5 Å². The Hall–Kier alpha value is -3.07. The van der Waals surface area contributed by atoms with E-state index in [-0.39, 0.29) is 18.3 Å². The highest BCUT2D eigenvalue weighted by molar-refractivity contribution is 7.07. The molecule has 4 aromatic rings. The van der Waals surface area contributed by atoms with Crippen molar-refractivity contribution >= 4 is 28.3 Å². The molecule has 0 spiro atoms. The van der Waals surface area contributed by atoms with Crippen molar-refractivity contribution in [2.75, 3.05) is 39.3 Å². The Balaban J connectivity index is 0.000000529. The fourth-order valence-corrected chi connectivity index (χ4v) is 6.11. The summed E-state index contributed by atoms with van der Waals surface area (Å²) in [6.07, 6.45) is 4.91. The van der Waals surface area contributed by atoms with Crippen molar-refractivity contribution in [2.24, 2.45) is 5.92 Å². The molecule has 6 rings (SSSR count). The molecule has 0 radical (unpaired) electrons. The van der Waals surface area contributed by atoms with E-state index in [1.807, 2.05) is 62.7 Å². The summed E-state index contributed by atoms with van der Waals surface area (Å²) < 4.78 is 15.1. The summed E-state index contributed by atoms with van der Waals surface area (Å²) in [5.41, 5.74) is 3.48. The number of imidazole rings is 1. The SMILES string of the molecule is O=C(c1cccc2c1ncn2CCO)N1CCC(CN2CCC(c3ccc(F)cc3)CC2)C1.c1ccsc1. The molecule has 200 valence electrons. The van der Waals surface area contributed by atoms with Gasteiger partial charge in [-0.25, -0.2) is 9.37 Å². The van der Waals surface area contributed by atoms with Gasteiger partial charge in [0.25, 0.3) is 5.91 Å². The van der Waals surface area contributed by atoms with Gasteiger partial charge in [0.1, 0.15) is 11.3 Å². The number of rotatable bonds is 6. The zero-order chi connectivity index (χ0) is 26.3. The number of thiophene rings is 1. The van der Waals surface area contributed by atoms with Gasteiger partial charge in [-0.05, 0) is 84.8 Å². The van der Waals surface area contributed by atoms with Gasteiger partial charge in [-0.2, -0.15) is 11.3 Å². The third-order valence-electron chi connectivity index (χ3n) is 7.67. The molecule has 1 N–H and O–H groups in total. The number of aromatic nitrogens is 2. The van der Waals surface area contributed by atoms with Crippen LogP contribution in [0.3, 0.4) is 0 Å². The first-order valence-corrected chi connectivity index (χ1v) is 14.4. The first kappa shape index (κ1) is 26.5. The van der Waals surface area contributed by atoms with E-state index in [9.17, 15) is 14.3 Å². The van der Waals surface area contributed by atoms with Crippen LogP contribution in [0.5, 0.6) is 0 Å². The largest absolute Gasteiger partial charge is 0.395 e. The molecule has 38 heavy (non-hydrogen) atoms. The van der Waals surface area contributed by atoms with Crippen molar-refractivity contribution in [1.82, 2.24) is 19.4 Å². The number of amides is 1. The van der Waals surface area contributed by atoms with E-state index < -0.39 is 0 Å². The number of halogens is 1. The monoisotopic (exact) mass is 534 g/mol. The third kappa shape index (κ3) is 6.31. The van der Waals surface area contributed by atoms with Crippen LogP contribution in [0.25, 0.3) is 11.0 Å². The number of aliphatic hydroxyl groups is 1. The predicted octanol–water partition coefficient (Wildman–Crippen LogP) is 5.26. The average Bonchev–Trinajstić information content (AvgIpc) is 3.73. The number of para-hydroxylation sites is 1. The van der Waals surface area contributed by atoms with Gasteiger partial charge in [0.15, 0.2) is 0 Å². The standard InChI is InChI=1S/C26H31FN4O2.C4H4S/c27-22-6-4-20(5-7-22)21-9-11-29(12-10-21)16-19-8-13-30(17-19)26(33)23-2-1-3-24-25(23)28-18-31(24)14-15-32;1-2-4-5-3-1/h1-7,18-19,21,32H,8-17H2;1-4H. The van der Waals surface area contributed by atoms with E-state index in [0.717, 1.165) is 57.5 Å². The fraction of sp³-hybridized carbons (Fsp3) is 0.400. The Morgan fingerprint density at radius 3 is 2.45 bits per heavy atom. The molecule has 1 atom stereocenters. The van der Waals surface area contributed by atoms with Crippen molar-refractivity contribution in [2.45, 2.75) is 31.7 Å². The maximum absolute atomic E-state index is 13.3. The minimum Gasteiger partial charge on any atom is -0.395 e. The molecule has 1 amide bonds. The predicted molar refractivity (Wildman–Crippen MR) is 150 cm³/mol. The molecule has 0 saturated carbocycles. The quantitative estimate of drug-likeness (QED) is 0.367. The number of piperidine rings is 1. The summed E-state index contributed by atoms with van der Waals surface area (Å²) in [7, 11) is 0. The van der Waals surface area contributed by atoms with E-state index in [1.54, 1.807) is 29.8 Å². The summed E-state index contributed by atoms with van der Waals surface area (Å²) in [6, 6.07) is 16.7. The molecule has 2 aromatic carbocycles. The Bertz CT molecular complexity index is 1280. The lowest BCUT2D eigenvalue weighted by Crippen LogP contribution is -2.37. The molecule has 1 unspecified atom stereocenters. The van der Waals surface area contributed by atoms with Crippen LogP contribution in [0.1, 0.15) is 41.1 Å². The zero-order valence-electron chi connectivity index (χ0n) is 21.6. The molecular formula is C30H35FN4O2S. The Labute approximate surface area is 227 Å². The number of hydrogen-bond donors (Lipinski definition) is 1. The summed E-state index contributed by atoms with van der Waals surface area (Å²) in [6.45, 7) is 5.20. The average molecular weight is 535 g/mol. The van der Waals surface area contributed by atoms with Gasteiger partial charge in [-0.3, -0.25) is 4.79 Å². The third-order valence-corrected chi connectivity index (χ3v) is 8.29. The fourth-order valence-electron chi connectivity index (χ4n) is 5.66. The van der Waals surface area contributed by atoms with Crippen LogP contribution in [0, 0.1) is 11.7 Å². The molecule has 8 heteroatoms. The summed E-state index contributed by atoms with van der Waals surface area (Å²) in [5, 5.41) is 13.3. The van der Waals surface area contributed by atoms with Gasteiger partial charge < -0.3 is 19.5 Å². The van der Waals surface area contributed by atoms with Crippen molar-refractivity contribution in [3.63, 3.8) is 0 Å². The van der Waals surface area contributed by atoms with Gasteiger partial charge in [-0.15, -0.1) is 0 Å². The van der Waals surface area contributed by atoms with Crippen LogP contribution < -0.4 is 0 Å². The molecule has 0 bridgehead atoms. The first-order chi connectivity index (χ1) is 18.6. The normalized spacial score (nSPS) is 18.5. The molecule has 0 aliphatic carbocycles. The molecule has 4 heterocycles. The van der Waals surface area contributed by atoms with Crippen LogP contribution >= 0.6 is 11.3 Å². The van der Waals surface area contributed by atoms with E-state index >= 15 is 0 Å². The van der Waals surface area contributed by atoms with Crippen molar-refractivity contribution < 1.29 is 14.3 Å². The minimum atomic E-state index is -0.175. The summed E-state index contributed by atoms with van der Waals surface area (Å²) in [5.74, 6) is 0.871. The van der Waals surface area contributed by atoms with Crippen LogP contribution in [-0.2, 0) is 6.54 Å². The second kappa shape index (κ2) is 12.7. The van der Waals surface area contributed by atoms with Crippen LogP contribution in [0.2, 0.25) is 0 Å².